The quantitative estimate of drug-likeness (QED) is 0.174. The van der Waals surface area contributed by atoms with Crippen LogP contribution in [0.15, 0.2) is 182 Å². The predicted octanol–water partition coefficient (Wildman–Crippen LogP) is 16.7. The van der Waals surface area contributed by atoms with E-state index < -0.39 is 0 Å². The molecular weight excluding hydrogens is 825 g/mol. The SMILES string of the molecule is C=C/C=c1/c2cc3c(cc2n2c1c(C)c1cc4c(cc12)oc1ccc(-c2ccc5oc6c(ccc7c6c6cccc8c9c%10oc%11ccccc%11c%10ccc9n7c86)c5c2)cc14)oc1ccccc13. The van der Waals surface area contributed by atoms with Crippen LogP contribution in [0, 0.1) is 6.92 Å². The van der Waals surface area contributed by atoms with Crippen LogP contribution in [0.25, 0.3) is 170 Å². The lowest BCUT2D eigenvalue weighted by Crippen LogP contribution is -1.98. The van der Waals surface area contributed by atoms with E-state index in [0.717, 1.165) is 137 Å². The third-order valence-corrected chi connectivity index (χ3v) is 15.1. The number of allylic oxidation sites excluding steroid dienone is 1. The van der Waals surface area contributed by atoms with Crippen LogP contribution in [0.5, 0.6) is 0 Å². The molecule has 0 amide bonds. The number of aryl methyl sites for hydroxylation is 1. The molecule has 67 heavy (non-hydrogen) atoms. The summed E-state index contributed by atoms with van der Waals surface area (Å²) in [5, 5.41) is 17.0. The van der Waals surface area contributed by atoms with E-state index in [1.54, 1.807) is 0 Å². The first-order valence-electron chi connectivity index (χ1n) is 22.8. The molecule has 0 aliphatic rings. The zero-order chi connectivity index (χ0) is 43.6. The Bertz CT molecular complexity index is 5200. The molecule has 6 heteroatoms. The second-order valence-electron chi connectivity index (χ2n) is 18.4. The Labute approximate surface area is 377 Å². The first-order chi connectivity index (χ1) is 33.1. The average molecular weight is 857 g/mol. The normalized spacial score (nSPS) is 13.3. The van der Waals surface area contributed by atoms with Gasteiger partial charge in [-0.3, -0.25) is 0 Å². The van der Waals surface area contributed by atoms with E-state index in [1.807, 2.05) is 24.3 Å². The van der Waals surface area contributed by atoms with E-state index in [-0.39, 0.29) is 0 Å². The fraction of sp³-hybridized carbons (Fsp3) is 0.0164. The zero-order valence-electron chi connectivity index (χ0n) is 35.8. The van der Waals surface area contributed by atoms with Gasteiger partial charge in [0.2, 0.25) is 0 Å². The van der Waals surface area contributed by atoms with Gasteiger partial charge in [-0.25, -0.2) is 0 Å². The Morgan fingerprint density at radius 1 is 0.373 bits per heavy atom. The highest BCUT2D eigenvalue weighted by atomic mass is 16.3. The molecule has 0 atom stereocenters. The maximum absolute atomic E-state index is 6.85. The van der Waals surface area contributed by atoms with E-state index in [9.17, 15) is 0 Å². The van der Waals surface area contributed by atoms with Crippen LogP contribution in [-0.2, 0) is 0 Å². The highest BCUT2D eigenvalue weighted by Gasteiger charge is 2.25. The van der Waals surface area contributed by atoms with E-state index >= 15 is 0 Å². The molecule has 9 aromatic carbocycles. The zero-order valence-corrected chi connectivity index (χ0v) is 35.8. The fourth-order valence-corrected chi connectivity index (χ4v) is 12.3. The maximum atomic E-state index is 6.85. The van der Waals surface area contributed by atoms with Crippen molar-refractivity contribution in [3.05, 3.63) is 175 Å². The minimum Gasteiger partial charge on any atom is -0.456 e. The number of nitrogens with zero attached hydrogens (tertiary/aromatic N) is 2. The van der Waals surface area contributed by atoms with Crippen molar-refractivity contribution in [2.45, 2.75) is 6.92 Å². The minimum absolute atomic E-state index is 0.855. The van der Waals surface area contributed by atoms with Crippen LogP contribution < -0.4 is 5.22 Å². The Morgan fingerprint density at radius 2 is 0.866 bits per heavy atom. The number of furan rings is 4. The van der Waals surface area contributed by atoms with Crippen molar-refractivity contribution < 1.29 is 17.7 Å². The Kier molecular flexibility index (Phi) is 5.97. The van der Waals surface area contributed by atoms with Gasteiger partial charge < -0.3 is 26.5 Å². The molecule has 6 nitrogen and oxygen atoms in total. The van der Waals surface area contributed by atoms with Gasteiger partial charge in [0.05, 0.1) is 43.9 Å². The number of para-hydroxylation sites is 3. The first-order valence-corrected chi connectivity index (χ1v) is 22.8. The van der Waals surface area contributed by atoms with Gasteiger partial charge in [-0.1, -0.05) is 85.5 Å². The van der Waals surface area contributed by atoms with E-state index in [2.05, 4.69) is 162 Å². The van der Waals surface area contributed by atoms with Gasteiger partial charge >= 0.3 is 0 Å². The highest BCUT2D eigenvalue weighted by Crippen LogP contribution is 2.47. The molecule has 0 saturated carbocycles. The third-order valence-electron chi connectivity index (χ3n) is 15.1. The van der Waals surface area contributed by atoms with E-state index in [0.29, 0.717) is 0 Å². The number of fused-ring (bicyclic) bond motifs is 25. The largest absolute Gasteiger partial charge is 0.456 e. The summed E-state index contributed by atoms with van der Waals surface area (Å²) < 4.78 is 31.3. The van der Waals surface area contributed by atoms with Crippen molar-refractivity contribution in [2.24, 2.45) is 0 Å². The lowest BCUT2D eigenvalue weighted by molar-refractivity contribution is 0.669. The van der Waals surface area contributed by atoms with Gasteiger partial charge in [0.15, 0.2) is 0 Å². The number of rotatable bonds is 2. The second-order valence-corrected chi connectivity index (χ2v) is 18.4. The number of hydrogen-bond acceptors (Lipinski definition) is 4. The second kappa shape index (κ2) is 11.6. The first kappa shape index (κ1) is 34.4. The lowest BCUT2D eigenvalue weighted by atomic mass is 9.99. The third kappa shape index (κ3) is 4.06. The number of aromatic nitrogens is 2. The van der Waals surface area contributed by atoms with Gasteiger partial charge in [-0.05, 0) is 96.4 Å². The molecule has 0 aliphatic heterocycles. The van der Waals surface area contributed by atoms with Gasteiger partial charge in [-0.2, -0.15) is 0 Å². The molecule has 310 valence electrons. The standard InChI is InChI=1S/C61H32N2O4/c1-3-9-35-41-27-44-34-11-5-6-14-50(34)64-54(44)29-49(41)63-48-28-55-45(26-40(48)30(2)58(35)63)43-25-32(16-22-52(43)65-55)31-17-23-53-42(24-31)37-19-21-47-57(61(37)67-53)39-13-8-12-38-56-46(62(47)59(38)39)20-18-36-33-10-4-7-15-51(33)66-60(36)56/h3-29H,1H2,2H3/b35-9-. The summed E-state index contributed by atoms with van der Waals surface area (Å²) in [6.45, 7) is 6.34. The Hall–Kier alpha value is -9.00. The molecule has 8 heterocycles. The van der Waals surface area contributed by atoms with Gasteiger partial charge in [-0.15, -0.1) is 0 Å². The van der Waals surface area contributed by atoms with Crippen LogP contribution >= 0.6 is 0 Å². The average Bonchev–Trinajstić information content (AvgIpc) is 4.24. The molecule has 0 fully saturated rings. The molecule has 0 aliphatic carbocycles. The monoisotopic (exact) mass is 856 g/mol. The van der Waals surface area contributed by atoms with Crippen LogP contribution in [0.2, 0.25) is 0 Å². The van der Waals surface area contributed by atoms with Crippen molar-refractivity contribution >= 4 is 159 Å². The van der Waals surface area contributed by atoms with Gasteiger partial charge in [0.25, 0.3) is 0 Å². The van der Waals surface area contributed by atoms with Gasteiger partial charge in [0.1, 0.15) is 44.7 Å². The molecule has 0 bridgehead atoms. The predicted molar refractivity (Wildman–Crippen MR) is 276 cm³/mol. The van der Waals surface area contributed by atoms with Gasteiger partial charge in [0, 0.05) is 82.0 Å². The molecule has 17 rings (SSSR count). The maximum Gasteiger partial charge on any atom is 0.145 e. The number of hydrogen-bond donors (Lipinski definition) is 0. The summed E-state index contributed by atoms with van der Waals surface area (Å²) in [5.74, 6) is 0. The van der Waals surface area contributed by atoms with E-state index in [4.69, 9.17) is 17.7 Å². The summed E-state index contributed by atoms with van der Waals surface area (Å²) >= 11 is 0. The summed E-state index contributed by atoms with van der Waals surface area (Å²) in [6, 6.07) is 54.3. The van der Waals surface area contributed by atoms with Crippen LogP contribution in [0.4, 0.5) is 0 Å². The molecule has 0 N–H and O–H groups in total. The van der Waals surface area contributed by atoms with Crippen molar-refractivity contribution in [2.75, 3.05) is 0 Å². The molecule has 0 saturated heterocycles. The summed E-state index contributed by atoms with van der Waals surface area (Å²) in [5.41, 5.74) is 17.4. The van der Waals surface area contributed by atoms with Crippen molar-refractivity contribution in [3.63, 3.8) is 0 Å². The Morgan fingerprint density at radius 3 is 1.54 bits per heavy atom. The summed E-state index contributed by atoms with van der Waals surface area (Å²) in [4.78, 5) is 0. The van der Waals surface area contributed by atoms with Crippen molar-refractivity contribution in [1.82, 2.24) is 8.80 Å². The number of benzene rings is 9. The molecule has 0 spiro atoms. The van der Waals surface area contributed by atoms with Crippen molar-refractivity contribution in [3.8, 4) is 11.1 Å². The fourth-order valence-electron chi connectivity index (χ4n) is 12.3. The van der Waals surface area contributed by atoms with Crippen LogP contribution in [0.3, 0.4) is 0 Å². The molecule has 17 aromatic rings. The minimum atomic E-state index is 0.855. The highest BCUT2D eigenvalue weighted by molar-refractivity contribution is 6.33. The summed E-state index contributed by atoms with van der Waals surface area (Å²) in [6.07, 6.45) is 4.02. The molecular formula is C61H32N2O4. The smallest absolute Gasteiger partial charge is 0.145 e. The summed E-state index contributed by atoms with van der Waals surface area (Å²) in [7, 11) is 0. The molecule has 0 radical (unpaired) electrons. The Balaban J connectivity index is 0.838. The van der Waals surface area contributed by atoms with E-state index in [1.165, 1.54) is 38.1 Å². The van der Waals surface area contributed by atoms with Crippen LogP contribution in [-0.4, -0.2) is 8.80 Å². The molecule has 8 aromatic heterocycles. The topological polar surface area (TPSA) is 61.4 Å². The molecule has 0 unspecified atom stereocenters. The van der Waals surface area contributed by atoms with Crippen molar-refractivity contribution in [1.29, 1.82) is 0 Å². The van der Waals surface area contributed by atoms with Crippen LogP contribution in [0.1, 0.15) is 5.56 Å². The lowest BCUT2D eigenvalue weighted by Gasteiger charge is -2.03.